The van der Waals surface area contributed by atoms with E-state index in [4.69, 9.17) is 11.6 Å². The van der Waals surface area contributed by atoms with Crippen molar-refractivity contribution >= 4 is 11.6 Å². The highest BCUT2D eigenvalue weighted by Gasteiger charge is 2.07. The first kappa shape index (κ1) is 15.5. The average Bonchev–Trinajstić information content (AvgIpc) is 2.23. The van der Waals surface area contributed by atoms with Crippen molar-refractivity contribution in [3.05, 3.63) is 34.9 Å². The predicted molar refractivity (Wildman–Crippen MR) is 80.2 cm³/mol. The van der Waals surface area contributed by atoms with Gasteiger partial charge in [0, 0.05) is 17.1 Å². The minimum atomic E-state index is 0.214. The van der Waals surface area contributed by atoms with Crippen molar-refractivity contribution < 1.29 is 0 Å². The quantitative estimate of drug-likeness (QED) is 0.794. The standard InChI is InChI=1S/C15H25ClN2/c1-15(2,3)17-9-6-10-18(4)12-13-7-5-8-14(16)11-13/h5,7-8,11,17H,6,9-10,12H2,1-4H3. The lowest BCUT2D eigenvalue weighted by atomic mass is 10.1. The van der Waals surface area contributed by atoms with Crippen molar-refractivity contribution in [2.75, 3.05) is 20.1 Å². The summed E-state index contributed by atoms with van der Waals surface area (Å²) < 4.78 is 0. The monoisotopic (exact) mass is 268 g/mol. The number of hydrogen-bond donors (Lipinski definition) is 1. The zero-order valence-electron chi connectivity index (χ0n) is 12.0. The Labute approximate surface area is 116 Å². The van der Waals surface area contributed by atoms with Gasteiger partial charge in [-0.25, -0.2) is 0 Å². The van der Waals surface area contributed by atoms with Crippen LogP contribution in [0.1, 0.15) is 32.8 Å². The van der Waals surface area contributed by atoms with Crippen LogP contribution in [-0.4, -0.2) is 30.6 Å². The van der Waals surface area contributed by atoms with Crippen LogP contribution in [0.15, 0.2) is 24.3 Å². The fourth-order valence-corrected chi connectivity index (χ4v) is 2.05. The third-order valence-electron chi connectivity index (χ3n) is 2.71. The summed E-state index contributed by atoms with van der Waals surface area (Å²) in [5.41, 5.74) is 1.49. The second-order valence-electron chi connectivity index (χ2n) is 5.90. The summed E-state index contributed by atoms with van der Waals surface area (Å²) >= 11 is 5.98. The molecule has 0 aliphatic rings. The molecular formula is C15H25ClN2. The summed E-state index contributed by atoms with van der Waals surface area (Å²) in [4.78, 5) is 2.33. The van der Waals surface area contributed by atoms with Crippen LogP contribution in [0.25, 0.3) is 0 Å². The van der Waals surface area contributed by atoms with Gasteiger partial charge in [0.2, 0.25) is 0 Å². The Balaban J connectivity index is 2.24. The van der Waals surface area contributed by atoms with Crippen LogP contribution < -0.4 is 5.32 Å². The molecule has 0 spiro atoms. The van der Waals surface area contributed by atoms with Gasteiger partial charge >= 0.3 is 0 Å². The molecule has 0 aliphatic heterocycles. The smallest absolute Gasteiger partial charge is 0.0409 e. The summed E-state index contributed by atoms with van der Waals surface area (Å²) in [5.74, 6) is 0. The van der Waals surface area contributed by atoms with Crippen molar-refractivity contribution in [3.63, 3.8) is 0 Å². The van der Waals surface area contributed by atoms with Crippen LogP contribution in [0.2, 0.25) is 5.02 Å². The van der Waals surface area contributed by atoms with Gasteiger partial charge in [-0.05, 0) is 65.0 Å². The maximum Gasteiger partial charge on any atom is 0.0409 e. The van der Waals surface area contributed by atoms with E-state index in [2.05, 4.69) is 44.1 Å². The van der Waals surface area contributed by atoms with Crippen LogP contribution in [0.5, 0.6) is 0 Å². The van der Waals surface area contributed by atoms with Crippen LogP contribution >= 0.6 is 11.6 Å². The predicted octanol–water partition coefficient (Wildman–Crippen LogP) is 3.55. The summed E-state index contributed by atoms with van der Waals surface area (Å²) in [7, 11) is 2.15. The molecule has 0 bridgehead atoms. The van der Waals surface area contributed by atoms with Gasteiger partial charge in [-0.2, -0.15) is 0 Å². The number of halogens is 1. The molecule has 0 saturated carbocycles. The van der Waals surface area contributed by atoms with Gasteiger partial charge in [-0.3, -0.25) is 0 Å². The third kappa shape index (κ3) is 7.00. The van der Waals surface area contributed by atoms with E-state index in [9.17, 15) is 0 Å². The lowest BCUT2D eigenvalue weighted by molar-refractivity contribution is 0.310. The van der Waals surface area contributed by atoms with Crippen LogP contribution in [0.4, 0.5) is 0 Å². The number of nitrogens with zero attached hydrogens (tertiary/aromatic N) is 1. The summed E-state index contributed by atoms with van der Waals surface area (Å²) in [6.45, 7) is 9.70. The van der Waals surface area contributed by atoms with E-state index in [1.807, 2.05) is 18.2 Å². The van der Waals surface area contributed by atoms with Gasteiger partial charge in [0.25, 0.3) is 0 Å². The van der Waals surface area contributed by atoms with Gasteiger partial charge in [-0.1, -0.05) is 23.7 Å². The molecule has 3 heteroatoms. The number of benzene rings is 1. The number of nitrogens with one attached hydrogen (secondary N) is 1. The second kappa shape index (κ2) is 7.13. The topological polar surface area (TPSA) is 15.3 Å². The molecule has 18 heavy (non-hydrogen) atoms. The van der Waals surface area contributed by atoms with E-state index >= 15 is 0 Å². The first-order valence-electron chi connectivity index (χ1n) is 6.55. The second-order valence-corrected chi connectivity index (χ2v) is 6.33. The number of hydrogen-bond acceptors (Lipinski definition) is 2. The first-order chi connectivity index (χ1) is 8.37. The zero-order valence-corrected chi connectivity index (χ0v) is 12.7. The SMILES string of the molecule is CN(CCCNC(C)(C)C)Cc1cccc(Cl)c1. The van der Waals surface area contributed by atoms with Crippen molar-refractivity contribution in [2.45, 2.75) is 39.3 Å². The third-order valence-corrected chi connectivity index (χ3v) is 2.95. The molecule has 0 aromatic heterocycles. The van der Waals surface area contributed by atoms with Crippen LogP contribution in [0.3, 0.4) is 0 Å². The number of rotatable bonds is 6. The van der Waals surface area contributed by atoms with E-state index in [1.54, 1.807) is 0 Å². The average molecular weight is 269 g/mol. The molecule has 0 unspecified atom stereocenters. The molecule has 1 rings (SSSR count). The molecule has 2 nitrogen and oxygen atoms in total. The zero-order chi connectivity index (χ0) is 13.6. The van der Waals surface area contributed by atoms with Gasteiger partial charge in [0.05, 0.1) is 0 Å². The van der Waals surface area contributed by atoms with Gasteiger partial charge in [0.15, 0.2) is 0 Å². The Morgan fingerprint density at radius 2 is 2.00 bits per heavy atom. The lowest BCUT2D eigenvalue weighted by Gasteiger charge is -2.22. The summed E-state index contributed by atoms with van der Waals surface area (Å²) in [5, 5.41) is 4.32. The molecular weight excluding hydrogens is 244 g/mol. The van der Waals surface area contributed by atoms with Crippen molar-refractivity contribution in [1.29, 1.82) is 0 Å². The molecule has 0 radical (unpaired) electrons. The molecule has 0 fully saturated rings. The largest absolute Gasteiger partial charge is 0.312 e. The Morgan fingerprint density at radius 1 is 1.28 bits per heavy atom. The Hall–Kier alpha value is -0.570. The molecule has 0 atom stereocenters. The highest BCUT2D eigenvalue weighted by atomic mass is 35.5. The van der Waals surface area contributed by atoms with Crippen LogP contribution in [-0.2, 0) is 6.54 Å². The maximum atomic E-state index is 5.98. The molecule has 102 valence electrons. The summed E-state index contributed by atoms with van der Waals surface area (Å²) in [6.07, 6.45) is 1.16. The van der Waals surface area contributed by atoms with Gasteiger partial charge < -0.3 is 10.2 Å². The van der Waals surface area contributed by atoms with E-state index in [0.29, 0.717) is 0 Å². The Kier molecular flexibility index (Phi) is 6.13. The van der Waals surface area contributed by atoms with E-state index in [-0.39, 0.29) is 5.54 Å². The lowest BCUT2D eigenvalue weighted by Crippen LogP contribution is -2.37. The fraction of sp³-hybridized carbons (Fsp3) is 0.600. The molecule has 0 saturated heterocycles. The highest BCUT2D eigenvalue weighted by Crippen LogP contribution is 2.12. The van der Waals surface area contributed by atoms with Crippen molar-refractivity contribution in [3.8, 4) is 0 Å². The van der Waals surface area contributed by atoms with Crippen molar-refractivity contribution in [2.24, 2.45) is 0 Å². The first-order valence-corrected chi connectivity index (χ1v) is 6.93. The Morgan fingerprint density at radius 3 is 2.61 bits per heavy atom. The minimum absolute atomic E-state index is 0.214. The van der Waals surface area contributed by atoms with Gasteiger partial charge in [-0.15, -0.1) is 0 Å². The molecule has 0 heterocycles. The molecule has 0 amide bonds. The van der Waals surface area contributed by atoms with Crippen LogP contribution in [0, 0.1) is 0 Å². The normalized spacial score (nSPS) is 12.1. The van der Waals surface area contributed by atoms with Gasteiger partial charge in [0.1, 0.15) is 0 Å². The Bertz CT molecular complexity index is 358. The fourth-order valence-electron chi connectivity index (χ4n) is 1.84. The summed E-state index contributed by atoms with van der Waals surface area (Å²) in [6, 6.07) is 8.08. The maximum absolute atomic E-state index is 5.98. The highest BCUT2D eigenvalue weighted by molar-refractivity contribution is 6.30. The van der Waals surface area contributed by atoms with E-state index < -0.39 is 0 Å². The van der Waals surface area contributed by atoms with E-state index in [0.717, 1.165) is 31.1 Å². The van der Waals surface area contributed by atoms with Crippen molar-refractivity contribution in [1.82, 2.24) is 10.2 Å². The van der Waals surface area contributed by atoms with E-state index in [1.165, 1.54) is 5.56 Å². The minimum Gasteiger partial charge on any atom is -0.312 e. The molecule has 0 aliphatic carbocycles. The molecule has 1 aromatic rings. The molecule has 1 N–H and O–H groups in total. The molecule has 1 aromatic carbocycles.